The molecular weight excluding hydrogens is 431 g/mol. The normalized spacial score (nSPS) is 16.3. The summed E-state index contributed by atoms with van der Waals surface area (Å²) in [6.45, 7) is 3.91. The highest BCUT2D eigenvalue weighted by atomic mass is 79.9. The second kappa shape index (κ2) is 8.48. The first-order valence-electron chi connectivity index (χ1n) is 8.61. The van der Waals surface area contributed by atoms with Gasteiger partial charge in [-0.25, -0.2) is 0 Å². The van der Waals surface area contributed by atoms with E-state index in [1.165, 1.54) is 0 Å². The number of halogens is 1. The van der Waals surface area contributed by atoms with Crippen LogP contribution in [0.4, 0.5) is 5.69 Å². The molecule has 1 N–H and O–H groups in total. The van der Waals surface area contributed by atoms with Crippen molar-refractivity contribution in [1.29, 1.82) is 0 Å². The van der Waals surface area contributed by atoms with E-state index in [4.69, 9.17) is 9.05 Å². The Labute approximate surface area is 166 Å². The maximum atomic E-state index is 13.5. The van der Waals surface area contributed by atoms with Crippen LogP contribution in [0.25, 0.3) is 0 Å². The Morgan fingerprint density at radius 3 is 2.41 bits per heavy atom. The lowest BCUT2D eigenvalue weighted by Crippen LogP contribution is -2.17. The standard InChI is InChI=1S/C19H20BrN2O4P/c1-3-25-27(24,26-4-2)19(13-8-6-5-7-9-13)22-17-15-12-14(20)10-11-16(15)21-18(17)23/h5-12,19H,3-4H2,1-2H3,(H,21,22,23). The van der Waals surface area contributed by atoms with E-state index in [1.54, 1.807) is 38.1 Å². The highest BCUT2D eigenvalue weighted by molar-refractivity contribution is 9.10. The Morgan fingerprint density at radius 2 is 1.78 bits per heavy atom. The summed E-state index contributed by atoms with van der Waals surface area (Å²) >= 11 is 3.41. The van der Waals surface area contributed by atoms with Crippen LogP contribution in [0.3, 0.4) is 0 Å². The fourth-order valence-corrected chi connectivity index (χ4v) is 5.10. The van der Waals surface area contributed by atoms with Gasteiger partial charge in [0.1, 0.15) is 5.71 Å². The van der Waals surface area contributed by atoms with E-state index in [1.807, 2.05) is 24.3 Å². The summed E-state index contributed by atoms with van der Waals surface area (Å²) in [6, 6.07) is 14.5. The summed E-state index contributed by atoms with van der Waals surface area (Å²) in [6.07, 6.45) is 0. The van der Waals surface area contributed by atoms with Crippen molar-refractivity contribution in [2.45, 2.75) is 19.6 Å². The molecule has 6 nitrogen and oxygen atoms in total. The molecule has 0 fully saturated rings. The second-order valence-electron chi connectivity index (χ2n) is 5.78. The number of benzene rings is 2. The molecule has 2 aromatic rings. The Bertz CT molecular complexity index is 907. The summed E-state index contributed by atoms with van der Waals surface area (Å²) in [5, 5.41) is 2.79. The number of amides is 1. The smallest absolute Gasteiger partial charge is 0.320 e. The molecule has 0 bridgehead atoms. The number of fused-ring (bicyclic) bond motifs is 1. The number of anilines is 1. The van der Waals surface area contributed by atoms with Gasteiger partial charge in [-0.3, -0.25) is 14.4 Å². The summed E-state index contributed by atoms with van der Waals surface area (Å²) in [4.78, 5) is 17.1. The predicted octanol–water partition coefficient (Wildman–Crippen LogP) is 5.16. The van der Waals surface area contributed by atoms with Gasteiger partial charge in [-0.1, -0.05) is 46.3 Å². The first-order valence-corrected chi connectivity index (χ1v) is 11.0. The number of hydrogen-bond acceptors (Lipinski definition) is 5. The SMILES string of the molecule is CCOP(=O)(OCC)C(/N=C1/C(=O)Nc2ccc(Br)cc21)c1ccccc1. The topological polar surface area (TPSA) is 77.0 Å². The van der Waals surface area contributed by atoms with Gasteiger partial charge in [0.05, 0.1) is 18.9 Å². The van der Waals surface area contributed by atoms with Gasteiger partial charge in [-0.15, -0.1) is 0 Å². The van der Waals surface area contributed by atoms with Gasteiger partial charge in [0.15, 0.2) is 5.78 Å². The Morgan fingerprint density at radius 1 is 1.11 bits per heavy atom. The number of rotatable bonds is 7. The first-order chi connectivity index (χ1) is 13.0. The molecule has 142 valence electrons. The van der Waals surface area contributed by atoms with E-state index >= 15 is 0 Å². The van der Waals surface area contributed by atoms with Crippen LogP contribution in [-0.4, -0.2) is 24.8 Å². The summed E-state index contributed by atoms with van der Waals surface area (Å²) in [7, 11) is -3.63. The third-order valence-electron chi connectivity index (χ3n) is 3.97. The van der Waals surface area contributed by atoms with Gasteiger partial charge in [-0.2, -0.15) is 0 Å². The molecular formula is C19H20BrN2O4P. The van der Waals surface area contributed by atoms with Crippen LogP contribution in [0.15, 0.2) is 58.0 Å². The molecule has 0 spiro atoms. The number of carbonyl (C=O) groups is 1. The van der Waals surface area contributed by atoms with E-state index in [2.05, 4.69) is 26.2 Å². The third-order valence-corrected chi connectivity index (χ3v) is 6.71. The van der Waals surface area contributed by atoms with Crippen LogP contribution < -0.4 is 5.32 Å². The zero-order valence-corrected chi connectivity index (χ0v) is 17.5. The van der Waals surface area contributed by atoms with E-state index in [0.29, 0.717) is 16.8 Å². The molecule has 0 aromatic heterocycles. The molecule has 1 atom stereocenters. The van der Waals surface area contributed by atoms with Crippen molar-refractivity contribution in [1.82, 2.24) is 0 Å². The molecule has 0 saturated carbocycles. The predicted molar refractivity (Wildman–Crippen MR) is 109 cm³/mol. The molecule has 8 heteroatoms. The van der Waals surface area contributed by atoms with Crippen molar-refractivity contribution in [2.75, 3.05) is 18.5 Å². The van der Waals surface area contributed by atoms with Crippen molar-refractivity contribution < 1.29 is 18.4 Å². The summed E-state index contributed by atoms with van der Waals surface area (Å²) in [5.74, 6) is -1.28. The lowest BCUT2D eigenvalue weighted by Gasteiger charge is -2.24. The van der Waals surface area contributed by atoms with E-state index in [-0.39, 0.29) is 24.8 Å². The molecule has 27 heavy (non-hydrogen) atoms. The summed E-state index contributed by atoms with van der Waals surface area (Å²) in [5.41, 5.74) is 2.18. The number of nitrogens with zero attached hydrogens (tertiary/aromatic N) is 1. The van der Waals surface area contributed by atoms with Crippen molar-refractivity contribution in [3.63, 3.8) is 0 Å². The minimum absolute atomic E-state index is 0.208. The van der Waals surface area contributed by atoms with Gasteiger partial charge >= 0.3 is 7.60 Å². The van der Waals surface area contributed by atoms with Gasteiger partial charge in [-0.05, 0) is 37.6 Å². The lowest BCUT2D eigenvalue weighted by atomic mass is 10.1. The molecule has 1 unspecified atom stereocenters. The van der Waals surface area contributed by atoms with Crippen LogP contribution in [0.5, 0.6) is 0 Å². The highest BCUT2D eigenvalue weighted by Crippen LogP contribution is 2.61. The van der Waals surface area contributed by atoms with Crippen LogP contribution in [0.2, 0.25) is 0 Å². The average Bonchev–Trinajstić information content (AvgIpc) is 2.95. The Kier molecular flexibility index (Phi) is 6.27. The minimum atomic E-state index is -3.63. The largest absolute Gasteiger partial charge is 0.359 e. The van der Waals surface area contributed by atoms with Gasteiger partial charge < -0.3 is 14.4 Å². The highest BCUT2D eigenvalue weighted by Gasteiger charge is 2.39. The van der Waals surface area contributed by atoms with Gasteiger partial charge in [0.25, 0.3) is 5.91 Å². The molecule has 3 rings (SSSR count). The second-order valence-corrected chi connectivity index (χ2v) is 8.78. The van der Waals surface area contributed by atoms with Crippen LogP contribution >= 0.6 is 23.5 Å². The molecule has 1 aliphatic heterocycles. The molecule has 1 amide bonds. The fraction of sp³-hybridized carbons (Fsp3) is 0.263. The summed E-state index contributed by atoms with van der Waals surface area (Å²) < 4.78 is 25.4. The Hall–Kier alpha value is -1.79. The zero-order valence-electron chi connectivity index (χ0n) is 15.0. The maximum absolute atomic E-state index is 13.5. The molecule has 0 saturated heterocycles. The van der Waals surface area contributed by atoms with Crippen LogP contribution in [-0.2, 0) is 18.4 Å². The van der Waals surface area contributed by atoms with Crippen molar-refractivity contribution >= 4 is 40.8 Å². The van der Waals surface area contributed by atoms with E-state index < -0.39 is 13.4 Å². The quantitative estimate of drug-likeness (QED) is 0.591. The first kappa shape index (κ1) is 20.0. The van der Waals surface area contributed by atoms with Crippen molar-refractivity contribution in [3.8, 4) is 0 Å². The number of nitrogens with one attached hydrogen (secondary N) is 1. The molecule has 1 aliphatic rings. The fourth-order valence-electron chi connectivity index (χ4n) is 2.87. The molecule has 1 heterocycles. The van der Waals surface area contributed by atoms with Gasteiger partial charge in [0.2, 0.25) is 0 Å². The average molecular weight is 451 g/mol. The van der Waals surface area contributed by atoms with Crippen molar-refractivity contribution in [3.05, 3.63) is 64.1 Å². The van der Waals surface area contributed by atoms with E-state index in [0.717, 1.165) is 4.47 Å². The molecule has 0 radical (unpaired) electrons. The number of carbonyl (C=O) groups excluding carboxylic acids is 1. The van der Waals surface area contributed by atoms with Crippen molar-refractivity contribution in [2.24, 2.45) is 4.99 Å². The molecule has 2 aromatic carbocycles. The van der Waals surface area contributed by atoms with Crippen LogP contribution in [0.1, 0.15) is 30.8 Å². The van der Waals surface area contributed by atoms with Crippen LogP contribution in [0, 0.1) is 0 Å². The Balaban J connectivity index is 2.15. The van der Waals surface area contributed by atoms with E-state index in [9.17, 15) is 9.36 Å². The minimum Gasteiger partial charge on any atom is -0.320 e. The number of hydrogen-bond donors (Lipinski definition) is 1. The molecule has 0 aliphatic carbocycles. The zero-order chi connectivity index (χ0) is 19.4. The maximum Gasteiger partial charge on any atom is 0.359 e. The van der Waals surface area contributed by atoms with Gasteiger partial charge in [0, 0.05) is 10.0 Å². The number of aliphatic imine (C=N–C) groups is 1. The third kappa shape index (κ3) is 4.22. The lowest BCUT2D eigenvalue weighted by molar-refractivity contribution is -0.110. The monoisotopic (exact) mass is 450 g/mol.